The highest BCUT2D eigenvalue weighted by Gasteiger charge is 2.40. The van der Waals surface area contributed by atoms with Crippen LogP contribution in [-0.4, -0.2) is 164 Å². The third-order valence-electron chi connectivity index (χ3n) is 11.4. The van der Waals surface area contributed by atoms with E-state index in [1.807, 2.05) is 5.32 Å². The largest absolute Gasteiger partial charge is 0.481 e. The Morgan fingerprint density at radius 2 is 1.25 bits per heavy atom. The molecule has 1 heterocycles. The Kier molecular flexibility index (Phi) is 25.1. The molecular formula is C44H68N12O16. The molecule has 1 aliphatic heterocycles. The fourth-order valence-corrected chi connectivity index (χ4v) is 7.28. The second kappa shape index (κ2) is 29.8. The van der Waals surface area contributed by atoms with Gasteiger partial charge in [0, 0.05) is 37.9 Å². The van der Waals surface area contributed by atoms with E-state index in [9.17, 15) is 73.1 Å². The Morgan fingerprint density at radius 1 is 0.708 bits per heavy atom. The van der Waals surface area contributed by atoms with E-state index in [1.165, 1.54) is 43.0 Å². The molecule has 2 rings (SSSR count). The number of nitrogens with zero attached hydrogens (tertiary/aromatic N) is 2. The number of likely N-dealkylation sites (tertiary alicyclic amines) is 1. The molecule has 1 aromatic rings. The smallest absolute Gasteiger partial charge is 0.326 e. The molecule has 9 atom stereocenters. The zero-order valence-corrected chi connectivity index (χ0v) is 40.6. The third-order valence-corrected chi connectivity index (χ3v) is 11.4. The van der Waals surface area contributed by atoms with Crippen LogP contribution in [0.15, 0.2) is 24.3 Å². The maximum Gasteiger partial charge on any atom is 0.326 e. The van der Waals surface area contributed by atoms with Gasteiger partial charge in [-0.2, -0.15) is 0 Å². The number of benzene rings is 1. The van der Waals surface area contributed by atoms with Gasteiger partial charge in [-0.05, 0) is 76.8 Å². The van der Waals surface area contributed by atoms with Gasteiger partial charge in [-0.25, -0.2) is 4.79 Å². The van der Waals surface area contributed by atoms with Gasteiger partial charge >= 0.3 is 11.9 Å². The van der Waals surface area contributed by atoms with Crippen molar-refractivity contribution in [2.24, 2.45) is 23.1 Å². The number of unbranched alkanes of at least 4 members (excludes halogenated alkanes) is 1. The molecule has 16 N–H and O–H groups in total. The van der Waals surface area contributed by atoms with E-state index in [0.717, 1.165) is 0 Å². The zero-order valence-electron chi connectivity index (χ0n) is 40.6. The van der Waals surface area contributed by atoms with Gasteiger partial charge in [0.2, 0.25) is 53.2 Å². The lowest BCUT2D eigenvalue weighted by Gasteiger charge is -2.31. The van der Waals surface area contributed by atoms with Crippen LogP contribution in [0.1, 0.15) is 91.0 Å². The zero-order chi connectivity index (χ0) is 54.4. The fraction of sp³-hybridized carbons (Fsp3) is 0.614. The first-order valence-corrected chi connectivity index (χ1v) is 23.3. The molecule has 0 aliphatic carbocycles. The highest BCUT2D eigenvalue weighted by molar-refractivity contribution is 5.98. The van der Waals surface area contributed by atoms with Gasteiger partial charge in [0.15, 0.2) is 0 Å². The number of nitro groups is 1. The Labute approximate surface area is 414 Å². The number of carboxylic acid groups (broad SMARTS) is 2. The van der Waals surface area contributed by atoms with Gasteiger partial charge in [0.25, 0.3) is 5.69 Å². The van der Waals surface area contributed by atoms with Gasteiger partial charge in [-0.1, -0.05) is 26.0 Å². The molecule has 0 unspecified atom stereocenters. The number of primary amides is 1. The first kappa shape index (κ1) is 60.8. The number of non-ortho nitro benzene ring substituents is 1. The molecule has 1 fully saturated rings. The Balaban J connectivity index is 2.37. The predicted molar refractivity (Wildman–Crippen MR) is 252 cm³/mol. The summed E-state index contributed by atoms with van der Waals surface area (Å²) >= 11 is 0. The molecule has 0 bridgehead atoms. The minimum absolute atomic E-state index is 0.120. The number of hydrogen-bond donors (Lipinski definition) is 13. The van der Waals surface area contributed by atoms with E-state index >= 15 is 0 Å². The van der Waals surface area contributed by atoms with Gasteiger partial charge in [-0.15, -0.1) is 0 Å². The number of nitrogens with two attached hydrogens (primary N) is 3. The van der Waals surface area contributed by atoms with Crippen molar-refractivity contribution in [2.75, 3.05) is 19.7 Å². The van der Waals surface area contributed by atoms with Crippen molar-refractivity contribution in [3.05, 3.63) is 39.9 Å². The van der Waals surface area contributed by atoms with Crippen LogP contribution in [0.3, 0.4) is 0 Å². The monoisotopic (exact) mass is 1020 g/mol. The third kappa shape index (κ3) is 19.8. The number of amides is 9. The van der Waals surface area contributed by atoms with Crippen LogP contribution in [0.5, 0.6) is 0 Å². The van der Waals surface area contributed by atoms with E-state index < -0.39 is 163 Å². The first-order valence-electron chi connectivity index (χ1n) is 23.3. The van der Waals surface area contributed by atoms with Crippen molar-refractivity contribution in [2.45, 2.75) is 146 Å². The van der Waals surface area contributed by atoms with Crippen LogP contribution in [0.4, 0.5) is 5.69 Å². The minimum atomic E-state index is -1.78. The molecule has 400 valence electrons. The second-order valence-corrected chi connectivity index (χ2v) is 17.6. The molecule has 0 saturated carbocycles. The number of nitro benzene ring substituents is 1. The van der Waals surface area contributed by atoms with Gasteiger partial charge < -0.3 is 74.6 Å². The average Bonchev–Trinajstić information content (AvgIpc) is 3.81. The van der Waals surface area contributed by atoms with Crippen LogP contribution in [0.25, 0.3) is 0 Å². The number of nitrogens with one attached hydrogen (secondary N) is 7. The normalized spacial score (nSPS) is 16.5. The minimum Gasteiger partial charge on any atom is -0.481 e. The van der Waals surface area contributed by atoms with Crippen molar-refractivity contribution in [3.8, 4) is 0 Å². The van der Waals surface area contributed by atoms with E-state index in [0.29, 0.717) is 18.4 Å². The molecule has 28 nitrogen and oxygen atoms in total. The Bertz CT molecular complexity index is 2120. The van der Waals surface area contributed by atoms with E-state index in [2.05, 4.69) is 31.9 Å². The summed E-state index contributed by atoms with van der Waals surface area (Å²) < 4.78 is 0. The van der Waals surface area contributed by atoms with Crippen LogP contribution < -0.4 is 54.4 Å². The maximum absolute atomic E-state index is 14.0. The quantitative estimate of drug-likeness (QED) is 0.0191. The number of aliphatic hydroxyl groups excluding tert-OH is 1. The number of carboxylic acids is 2. The van der Waals surface area contributed by atoms with Gasteiger partial charge in [0.1, 0.15) is 48.3 Å². The SMILES string of the molecule is CC(C)[C@H](NC(=O)[C@H](C)N)C(=O)N1CCC[C@H]1C(=O)N[C@@H](Cc1ccc([N+](=O)[O-])cc1)C(=O)N[C@@H](C)C(=O)N[C@@H](CCC(N)=O)C(=O)N[C@@H](CCCCN)C(=O)N[C@@H](CO)C(=O)N[C@@H](CCC(=O)O)C(=O)O. The van der Waals surface area contributed by atoms with E-state index in [4.69, 9.17) is 22.3 Å². The number of rotatable bonds is 31. The molecular weight excluding hydrogens is 953 g/mol. The number of carbonyl (C=O) groups is 11. The van der Waals surface area contributed by atoms with Crippen LogP contribution >= 0.6 is 0 Å². The standard InChI is InChI=1S/C44H68N12O16/c1-22(2)35(54-36(61)23(3)46)43(68)55-19-7-9-32(55)42(67)52-30(20-25-10-12-26(13-11-25)56(71)72)40(65)48-24(4)37(62)49-28(14-16-33(47)58)39(64)50-27(8-5-6-18-45)38(63)53-31(21-57)41(66)51-29(44(69)70)15-17-34(59)60/h10-13,22-24,27-32,35,57H,5-9,14-21,45-46H2,1-4H3,(H2,47,58)(H,48,65)(H,49,62)(H,50,64)(H,51,66)(H,52,67)(H,53,63)(H,54,61)(H,59,60)(H,69,70)/t23-,24-,27-,28-,29-,30-,31-,32-,35-/m0/s1. The predicted octanol–water partition coefficient (Wildman–Crippen LogP) is -4.12. The topological polar surface area (TPSA) is 457 Å². The molecule has 0 radical (unpaired) electrons. The highest BCUT2D eigenvalue weighted by atomic mass is 16.6. The summed E-state index contributed by atoms with van der Waals surface area (Å²) in [5.41, 5.74) is 16.7. The van der Waals surface area contributed by atoms with Crippen molar-refractivity contribution < 1.29 is 73.0 Å². The summed E-state index contributed by atoms with van der Waals surface area (Å²) in [6.45, 7) is 5.31. The van der Waals surface area contributed by atoms with Crippen LogP contribution in [0, 0.1) is 16.0 Å². The lowest BCUT2D eigenvalue weighted by atomic mass is 10.0. The maximum atomic E-state index is 14.0. The molecule has 28 heteroatoms. The molecule has 1 aromatic carbocycles. The van der Waals surface area contributed by atoms with Crippen molar-refractivity contribution in [1.29, 1.82) is 0 Å². The van der Waals surface area contributed by atoms with Crippen molar-refractivity contribution >= 4 is 70.8 Å². The molecule has 72 heavy (non-hydrogen) atoms. The number of aliphatic carboxylic acids is 2. The number of hydrogen-bond acceptors (Lipinski definition) is 16. The molecule has 9 amide bonds. The average molecular weight is 1020 g/mol. The molecule has 1 saturated heterocycles. The lowest BCUT2D eigenvalue weighted by molar-refractivity contribution is -0.384. The van der Waals surface area contributed by atoms with E-state index in [-0.39, 0.29) is 44.5 Å². The molecule has 0 aromatic heterocycles. The van der Waals surface area contributed by atoms with Gasteiger partial charge in [0.05, 0.1) is 17.6 Å². The van der Waals surface area contributed by atoms with Crippen LogP contribution in [0.2, 0.25) is 0 Å². The molecule has 1 aliphatic rings. The first-order chi connectivity index (χ1) is 33.8. The van der Waals surface area contributed by atoms with Crippen LogP contribution in [-0.2, 0) is 59.2 Å². The summed E-state index contributed by atoms with van der Waals surface area (Å²) in [7, 11) is 0. The van der Waals surface area contributed by atoms with E-state index in [1.54, 1.807) is 13.8 Å². The van der Waals surface area contributed by atoms with Gasteiger partial charge in [-0.3, -0.25) is 58.1 Å². The summed E-state index contributed by atoms with van der Waals surface area (Å²) in [4.78, 5) is 155. The summed E-state index contributed by atoms with van der Waals surface area (Å²) in [6.07, 6.45) is -1.31. The summed E-state index contributed by atoms with van der Waals surface area (Å²) in [5.74, 6) is -11.4. The summed E-state index contributed by atoms with van der Waals surface area (Å²) in [5, 5.41) is 56.4. The Morgan fingerprint density at radius 3 is 1.78 bits per heavy atom. The fourth-order valence-electron chi connectivity index (χ4n) is 7.28. The Hall–Kier alpha value is -7.33. The van der Waals surface area contributed by atoms with Crippen molar-refractivity contribution in [3.63, 3.8) is 0 Å². The van der Waals surface area contributed by atoms with Crippen molar-refractivity contribution in [1.82, 2.24) is 42.1 Å². The molecule has 0 spiro atoms. The highest BCUT2D eigenvalue weighted by Crippen LogP contribution is 2.22. The number of aliphatic hydroxyl groups is 1. The summed E-state index contributed by atoms with van der Waals surface area (Å²) in [6, 6.07) is -7.55. The number of carbonyl (C=O) groups excluding carboxylic acids is 9. The lowest BCUT2D eigenvalue weighted by Crippen LogP contribution is -2.60. The second-order valence-electron chi connectivity index (χ2n) is 17.6.